The van der Waals surface area contributed by atoms with Gasteiger partial charge in [0.05, 0.1) is 9.79 Å². The summed E-state index contributed by atoms with van der Waals surface area (Å²) in [4.78, 5) is 7.09. The van der Waals surface area contributed by atoms with Gasteiger partial charge in [-0.15, -0.1) is 15.9 Å². The van der Waals surface area contributed by atoms with Crippen molar-refractivity contribution in [2.45, 2.75) is 107 Å². The van der Waals surface area contributed by atoms with Gasteiger partial charge in [-0.1, -0.05) is 128 Å². The minimum Gasteiger partial charge on any atom is -0.465 e. The summed E-state index contributed by atoms with van der Waals surface area (Å²) >= 11 is 0.233. The van der Waals surface area contributed by atoms with E-state index in [2.05, 4.69) is 97.9 Å². The fourth-order valence-corrected chi connectivity index (χ4v) is 12.9. The molecule has 1 aliphatic rings. The van der Waals surface area contributed by atoms with Gasteiger partial charge in [-0.25, -0.2) is 34.4 Å². The number of benzene rings is 6. The minimum absolute atomic E-state index is 0.00203. The molecule has 7 rings (SSSR count). The van der Waals surface area contributed by atoms with Gasteiger partial charge in [0.15, 0.2) is 28.2 Å². The molecule has 0 atom stereocenters. The van der Waals surface area contributed by atoms with Gasteiger partial charge in [-0.05, 0) is 105 Å². The van der Waals surface area contributed by atoms with Gasteiger partial charge < -0.3 is 9.47 Å². The smallest absolute Gasteiger partial charge is 0.302 e. The third kappa shape index (κ3) is 10.6. The zero-order valence-corrected chi connectivity index (χ0v) is 42.8. The summed E-state index contributed by atoms with van der Waals surface area (Å²) in [5, 5.41) is 1.26. The lowest BCUT2D eigenvalue weighted by Crippen LogP contribution is -2.33. The highest BCUT2D eigenvalue weighted by atomic mass is 32.3. The molecule has 0 unspecified atom stereocenters. The molecule has 0 amide bonds. The second-order valence-corrected chi connectivity index (χ2v) is 23.1. The second-order valence-electron chi connectivity index (χ2n) is 18.5. The van der Waals surface area contributed by atoms with Crippen molar-refractivity contribution in [2.24, 2.45) is 0 Å². The monoisotopic (exact) mass is 1010 g/mol. The predicted molar refractivity (Wildman–Crippen MR) is 267 cm³/mol. The third-order valence-electron chi connectivity index (χ3n) is 12.2. The zero-order chi connectivity index (χ0) is 51.0. The average Bonchev–Trinajstić information content (AvgIpc) is 3.29. The van der Waals surface area contributed by atoms with E-state index in [4.69, 9.17) is 9.47 Å². The number of carbonyl (C=O) groups is 1. The van der Waals surface area contributed by atoms with Crippen LogP contribution in [0.4, 0.5) is 17.6 Å². The van der Waals surface area contributed by atoms with Crippen LogP contribution in [0.25, 0.3) is 11.6 Å². The van der Waals surface area contributed by atoms with E-state index < -0.39 is 64.0 Å². The summed E-state index contributed by atoms with van der Waals surface area (Å²) in [5.41, 5.74) is 8.73. The molecule has 1 aliphatic heterocycles. The number of carbonyl (C=O) groups excluding carboxylic acids is 1. The molecule has 15 heteroatoms. The number of ether oxygens (including phenoxy) is 2. The van der Waals surface area contributed by atoms with E-state index in [1.54, 1.807) is 12.1 Å². The van der Waals surface area contributed by atoms with E-state index in [-0.39, 0.29) is 53.4 Å². The maximum atomic E-state index is 15.6. The molecule has 0 spiro atoms. The Morgan fingerprint density at radius 2 is 1.23 bits per heavy atom. The second kappa shape index (κ2) is 20.9. The first-order chi connectivity index (χ1) is 33.0. The Morgan fingerprint density at radius 3 is 1.80 bits per heavy atom. The molecule has 0 aliphatic carbocycles. The van der Waals surface area contributed by atoms with Gasteiger partial charge in [-0.3, -0.25) is 4.79 Å². The first kappa shape index (κ1) is 52.1. The minimum atomic E-state index is -5.89. The van der Waals surface area contributed by atoms with Crippen molar-refractivity contribution in [1.82, 2.24) is 4.13 Å². The quantitative estimate of drug-likeness (QED) is 0.0335. The Kier molecular flexibility index (Phi) is 15.6. The Balaban J connectivity index is 1.40. The molecule has 1 heterocycles. The van der Waals surface area contributed by atoms with Crippen LogP contribution in [0.15, 0.2) is 112 Å². The first-order valence-electron chi connectivity index (χ1n) is 22.9. The van der Waals surface area contributed by atoms with E-state index in [1.807, 2.05) is 30.3 Å². The van der Waals surface area contributed by atoms with Crippen LogP contribution in [-0.4, -0.2) is 35.2 Å². The molecule has 0 fully saturated rings. The van der Waals surface area contributed by atoms with Crippen LogP contribution in [0, 0.1) is 23.3 Å². The van der Waals surface area contributed by atoms with Gasteiger partial charge >= 0.3 is 5.97 Å². The van der Waals surface area contributed by atoms with Gasteiger partial charge in [0.25, 0.3) is 20.0 Å². The van der Waals surface area contributed by atoms with Crippen molar-refractivity contribution in [1.29, 1.82) is 0 Å². The molecular weight excluding hydrogens is 959 g/mol. The Morgan fingerprint density at radius 1 is 0.657 bits per heavy atom. The average molecular weight is 1010 g/mol. The van der Waals surface area contributed by atoms with Crippen LogP contribution >= 0.6 is 11.8 Å². The molecule has 6 aromatic rings. The van der Waals surface area contributed by atoms with Gasteiger partial charge in [0, 0.05) is 34.6 Å². The summed E-state index contributed by atoms with van der Waals surface area (Å²) in [6.45, 7) is 17.8. The lowest BCUT2D eigenvalue weighted by molar-refractivity contribution is -0.140. The Bertz CT molecular complexity index is 3310. The lowest BCUT2D eigenvalue weighted by Gasteiger charge is -2.24. The molecule has 368 valence electrons. The van der Waals surface area contributed by atoms with Crippen LogP contribution in [0.5, 0.6) is 11.5 Å². The Hall–Kier alpha value is -5.74. The molecule has 0 radical (unpaired) electrons. The molecule has 0 saturated carbocycles. The molecule has 6 aromatic carbocycles. The largest absolute Gasteiger partial charge is 0.465 e. The Labute approximate surface area is 412 Å². The summed E-state index contributed by atoms with van der Waals surface area (Å²) in [6, 6.07) is 29.3. The molecule has 8 nitrogen and oxygen atoms in total. The lowest BCUT2D eigenvalue weighted by atomic mass is 9.85. The fraction of sp³-hybridized carbons (Fsp3) is 0.291. The molecule has 0 bridgehead atoms. The predicted octanol–water partition coefficient (Wildman–Crippen LogP) is 11.8. The SMILES string of the molecule is CC(=O)OCCSc1c(F)c(F)c(S(=O)(=O)NS(=O)(=O)c2ccccc2C2=c3cc/c(=C\c4c(C(C)C)cccc4C(C)C)cc3Oc3cc(Cc4c(C(C)C)cccc4C(C)C)ccc32)c(F)c1F. The number of fused-ring (bicyclic) bond motifs is 2. The van der Waals surface area contributed by atoms with Gasteiger partial charge in [0.1, 0.15) is 18.1 Å². The van der Waals surface area contributed by atoms with Crippen molar-refractivity contribution >= 4 is 49.4 Å². The van der Waals surface area contributed by atoms with Crippen molar-refractivity contribution < 1.29 is 48.7 Å². The highest BCUT2D eigenvalue weighted by molar-refractivity contribution is 8.04. The van der Waals surface area contributed by atoms with Crippen LogP contribution in [0.2, 0.25) is 0 Å². The van der Waals surface area contributed by atoms with Crippen LogP contribution in [0.3, 0.4) is 0 Å². The summed E-state index contributed by atoms with van der Waals surface area (Å²) in [7, 11) is -11.2. The van der Waals surface area contributed by atoms with E-state index in [9.17, 15) is 21.6 Å². The van der Waals surface area contributed by atoms with Gasteiger partial charge in [-0.2, -0.15) is 0 Å². The number of esters is 1. The summed E-state index contributed by atoms with van der Waals surface area (Å²) in [5.74, 6) is -8.21. The molecule has 0 aromatic heterocycles. The van der Waals surface area contributed by atoms with Crippen molar-refractivity contribution in [3.63, 3.8) is 0 Å². The van der Waals surface area contributed by atoms with E-state index in [0.717, 1.165) is 40.5 Å². The molecular formula is C55H55F4NO7S3. The van der Waals surface area contributed by atoms with Crippen LogP contribution in [0.1, 0.15) is 136 Å². The van der Waals surface area contributed by atoms with E-state index >= 15 is 17.6 Å². The molecule has 70 heavy (non-hydrogen) atoms. The van der Waals surface area contributed by atoms with Crippen molar-refractivity contribution in [3.05, 3.63) is 181 Å². The highest BCUT2D eigenvalue weighted by Crippen LogP contribution is 2.41. The standard InChI is InChI=1S/C55H55F4NO7S3/c1-30(2)37-15-12-16-38(31(3)4)44(37)26-35-20-22-41-46(28-35)67-47-29-36(27-45-39(32(5)6)17-13-18-40(45)33(7)8)21-23-42(47)49(41)43-14-10-11-19-48(43)69(62,63)60-70(64,65)55-52(58)50(56)54(51(57)53(55)59)68-25-24-66-34(9)61/h10-23,26,28-33,60H,24-25,27H2,1-9H3/b35-26+. The van der Waals surface area contributed by atoms with Crippen LogP contribution in [-0.2, 0) is 36.0 Å². The third-order valence-corrected chi connectivity index (χ3v) is 16.8. The highest BCUT2D eigenvalue weighted by Gasteiger charge is 2.37. The van der Waals surface area contributed by atoms with Gasteiger partial charge in [0.2, 0.25) is 0 Å². The topological polar surface area (TPSA) is 116 Å². The number of nitrogens with one attached hydrogen (secondary N) is 1. The van der Waals surface area contributed by atoms with E-state index in [1.165, 1.54) is 33.0 Å². The first-order valence-corrected chi connectivity index (χ1v) is 26.9. The number of halogens is 4. The summed E-state index contributed by atoms with van der Waals surface area (Å²) < 4.78 is 131. The molecule has 1 N–H and O–H groups in total. The maximum Gasteiger partial charge on any atom is 0.302 e. The number of hydrogen-bond acceptors (Lipinski definition) is 8. The van der Waals surface area contributed by atoms with E-state index in [0.29, 0.717) is 34.3 Å². The van der Waals surface area contributed by atoms with Crippen molar-refractivity contribution in [3.8, 4) is 11.5 Å². The number of thioether (sulfide) groups is 1. The zero-order valence-electron chi connectivity index (χ0n) is 40.3. The van der Waals surface area contributed by atoms with Crippen LogP contribution < -0.4 is 19.3 Å². The van der Waals surface area contributed by atoms with Crippen molar-refractivity contribution in [2.75, 3.05) is 12.4 Å². The number of rotatable bonds is 16. The maximum absolute atomic E-state index is 15.6. The number of sulfonamides is 2. The molecule has 0 saturated heterocycles. The normalized spacial score (nSPS) is 13.0. The number of hydrogen-bond donors (Lipinski definition) is 1. The summed E-state index contributed by atoms with van der Waals surface area (Å²) in [6.07, 6.45) is 2.66. The fourth-order valence-electron chi connectivity index (χ4n) is 8.92.